The fourth-order valence-electron chi connectivity index (χ4n) is 1.56. The highest BCUT2D eigenvalue weighted by Crippen LogP contribution is 2.17. The molecule has 0 bridgehead atoms. The number of hydrazine groups is 1. The van der Waals surface area contributed by atoms with Crippen LogP contribution in [0.15, 0.2) is 42.6 Å². The Morgan fingerprint density at radius 2 is 1.90 bits per heavy atom. The summed E-state index contributed by atoms with van der Waals surface area (Å²) >= 11 is 0. The van der Waals surface area contributed by atoms with Gasteiger partial charge in [-0.1, -0.05) is 0 Å². The van der Waals surface area contributed by atoms with Crippen molar-refractivity contribution in [3.05, 3.63) is 53.9 Å². The van der Waals surface area contributed by atoms with E-state index in [4.69, 9.17) is 15.3 Å². The van der Waals surface area contributed by atoms with Gasteiger partial charge in [-0.3, -0.25) is 15.2 Å². The minimum absolute atomic E-state index is 0.316. The number of carbonyl (C=O) groups excluding carboxylic acids is 1. The van der Waals surface area contributed by atoms with Gasteiger partial charge in [0.15, 0.2) is 0 Å². The number of aromatic nitrogens is 1. The number of hydrogen-bond acceptors (Lipinski definition) is 5. The van der Waals surface area contributed by atoms with Crippen molar-refractivity contribution in [2.45, 2.75) is 6.61 Å². The Bertz CT molecular complexity index is 567. The van der Waals surface area contributed by atoms with Gasteiger partial charge in [0.05, 0.1) is 18.4 Å². The largest absolute Gasteiger partial charge is 0.497 e. The molecule has 2 rings (SSSR count). The fourth-order valence-corrected chi connectivity index (χ4v) is 1.56. The van der Waals surface area contributed by atoms with Gasteiger partial charge in [-0.2, -0.15) is 0 Å². The fraction of sp³-hybridized carbons (Fsp3) is 0.143. The second-order valence-corrected chi connectivity index (χ2v) is 3.98. The molecule has 0 aliphatic heterocycles. The summed E-state index contributed by atoms with van der Waals surface area (Å²) in [6.07, 6.45) is 1.45. The molecule has 3 N–H and O–H groups in total. The first kappa shape index (κ1) is 13.8. The maximum atomic E-state index is 11.2. The van der Waals surface area contributed by atoms with Gasteiger partial charge < -0.3 is 9.47 Å². The monoisotopic (exact) mass is 273 g/mol. The molecule has 1 aromatic heterocycles. The van der Waals surface area contributed by atoms with Gasteiger partial charge in [0.2, 0.25) is 0 Å². The number of amides is 1. The lowest BCUT2D eigenvalue weighted by molar-refractivity contribution is 0.0953. The van der Waals surface area contributed by atoms with Crippen molar-refractivity contribution in [1.29, 1.82) is 0 Å². The normalized spacial score (nSPS) is 9.90. The quantitative estimate of drug-likeness (QED) is 0.487. The average molecular weight is 273 g/mol. The van der Waals surface area contributed by atoms with Gasteiger partial charge >= 0.3 is 0 Å². The number of methoxy groups -OCH3 is 1. The van der Waals surface area contributed by atoms with Crippen molar-refractivity contribution in [3.8, 4) is 11.5 Å². The summed E-state index contributed by atoms with van der Waals surface area (Å²) in [4.78, 5) is 15.4. The molecule has 0 unspecified atom stereocenters. The second-order valence-electron chi connectivity index (χ2n) is 3.98. The number of hydrogen-bond donors (Lipinski definition) is 2. The van der Waals surface area contributed by atoms with Crippen LogP contribution in [0.5, 0.6) is 11.5 Å². The molecule has 6 heteroatoms. The molecule has 0 radical (unpaired) electrons. The molecule has 0 saturated heterocycles. The van der Waals surface area contributed by atoms with Crippen LogP contribution in [0.25, 0.3) is 0 Å². The summed E-state index contributed by atoms with van der Waals surface area (Å²) in [7, 11) is 1.61. The van der Waals surface area contributed by atoms with Gasteiger partial charge in [-0.25, -0.2) is 5.84 Å². The number of nitrogens with zero attached hydrogens (tertiary/aromatic N) is 1. The van der Waals surface area contributed by atoms with Crippen molar-refractivity contribution in [3.63, 3.8) is 0 Å². The Balaban J connectivity index is 1.94. The Labute approximate surface area is 116 Å². The molecule has 0 saturated carbocycles. The van der Waals surface area contributed by atoms with Crippen LogP contribution in [0, 0.1) is 0 Å². The van der Waals surface area contributed by atoms with Crippen molar-refractivity contribution >= 4 is 5.91 Å². The average Bonchev–Trinajstić information content (AvgIpc) is 2.53. The first-order valence-corrected chi connectivity index (χ1v) is 5.95. The smallest absolute Gasteiger partial charge is 0.266 e. The van der Waals surface area contributed by atoms with Crippen LogP contribution in [-0.2, 0) is 6.61 Å². The lowest BCUT2D eigenvalue weighted by Crippen LogP contribution is -2.30. The molecule has 0 fully saturated rings. The summed E-state index contributed by atoms with van der Waals surface area (Å²) in [6, 6.07) is 10.6. The van der Waals surface area contributed by atoms with Crippen molar-refractivity contribution in [1.82, 2.24) is 10.4 Å². The summed E-state index contributed by atoms with van der Waals surface area (Å²) in [5, 5.41) is 0. The molecule has 104 valence electrons. The SMILES string of the molecule is COc1ccc(OCc2ccc(C(=O)NN)cn2)cc1. The first-order chi connectivity index (χ1) is 9.72. The van der Waals surface area contributed by atoms with E-state index in [2.05, 4.69) is 4.98 Å². The van der Waals surface area contributed by atoms with Gasteiger partial charge in [-0.15, -0.1) is 0 Å². The van der Waals surface area contributed by atoms with Crippen LogP contribution in [0.1, 0.15) is 16.1 Å². The van der Waals surface area contributed by atoms with E-state index in [1.54, 1.807) is 19.2 Å². The molecule has 0 spiro atoms. The highest BCUT2D eigenvalue weighted by molar-refractivity contribution is 5.93. The van der Waals surface area contributed by atoms with Gasteiger partial charge in [0, 0.05) is 6.20 Å². The molecule has 1 heterocycles. The molecule has 2 aromatic rings. The Morgan fingerprint density at radius 1 is 1.20 bits per heavy atom. The summed E-state index contributed by atoms with van der Waals surface area (Å²) in [5.74, 6) is 6.15. The summed E-state index contributed by atoms with van der Waals surface area (Å²) < 4.78 is 10.6. The minimum Gasteiger partial charge on any atom is -0.497 e. The molecule has 1 aromatic carbocycles. The first-order valence-electron chi connectivity index (χ1n) is 5.95. The van der Waals surface area contributed by atoms with E-state index in [0.717, 1.165) is 17.2 Å². The van der Waals surface area contributed by atoms with Crippen LogP contribution in [0.2, 0.25) is 0 Å². The highest BCUT2D eigenvalue weighted by Gasteiger charge is 2.04. The molecule has 6 nitrogen and oxygen atoms in total. The van der Waals surface area contributed by atoms with Crippen molar-refractivity contribution < 1.29 is 14.3 Å². The molecule has 0 atom stereocenters. The lowest BCUT2D eigenvalue weighted by Gasteiger charge is -2.07. The van der Waals surface area contributed by atoms with Crippen molar-refractivity contribution in [2.24, 2.45) is 5.84 Å². The number of benzene rings is 1. The van der Waals surface area contributed by atoms with Crippen LogP contribution < -0.4 is 20.7 Å². The van der Waals surface area contributed by atoms with Gasteiger partial charge in [-0.05, 0) is 36.4 Å². The van der Waals surface area contributed by atoms with Crippen LogP contribution in [0.4, 0.5) is 0 Å². The molecular weight excluding hydrogens is 258 g/mol. The van der Waals surface area contributed by atoms with E-state index in [1.807, 2.05) is 29.7 Å². The third-order valence-electron chi connectivity index (χ3n) is 2.66. The number of pyridine rings is 1. The zero-order valence-corrected chi connectivity index (χ0v) is 11.0. The predicted molar refractivity (Wildman–Crippen MR) is 73.2 cm³/mol. The number of nitrogens with one attached hydrogen (secondary N) is 1. The van der Waals surface area contributed by atoms with E-state index < -0.39 is 0 Å². The third-order valence-corrected chi connectivity index (χ3v) is 2.66. The summed E-state index contributed by atoms with van der Waals surface area (Å²) in [5.41, 5.74) is 3.17. The summed E-state index contributed by atoms with van der Waals surface area (Å²) in [6.45, 7) is 0.316. The minimum atomic E-state index is -0.375. The molecule has 1 amide bonds. The van der Waals surface area contributed by atoms with E-state index in [1.165, 1.54) is 6.20 Å². The maximum Gasteiger partial charge on any atom is 0.266 e. The van der Waals surface area contributed by atoms with Gasteiger partial charge in [0.1, 0.15) is 18.1 Å². The molecular formula is C14H15N3O3. The zero-order chi connectivity index (χ0) is 14.4. The Kier molecular flexibility index (Phi) is 4.52. The number of nitrogen functional groups attached to an aromatic ring is 1. The topological polar surface area (TPSA) is 86.5 Å². The standard InChI is InChI=1S/C14H15N3O3/c1-19-12-4-6-13(7-5-12)20-9-11-3-2-10(8-16-11)14(18)17-15/h2-8H,9,15H2,1H3,(H,17,18). The number of carbonyl (C=O) groups is 1. The van der Waals surface area contributed by atoms with Gasteiger partial charge in [0.25, 0.3) is 5.91 Å². The number of ether oxygens (including phenoxy) is 2. The number of nitrogens with two attached hydrogens (primary N) is 1. The highest BCUT2D eigenvalue weighted by atomic mass is 16.5. The maximum absolute atomic E-state index is 11.2. The molecule has 0 aliphatic carbocycles. The van der Waals surface area contributed by atoms with E-state index in [9.17, 15) is 4.79 Å². The molecule has 20 heavy (non-hydrogen) atoms. The van der Waals surface area contributed by atoms with Crippen LogP contribution in [-0.4, -0.2) is 18.0 Å². The van der Waals surface area contributed by atoms with Crippen molar-refractivity contribution in [2.75, 3.05) is 7.11 Å². The zero-order valence-electron chi connectivity index (χ0n) is 11.0. The van der Waals surface area contributed by atoms with E-state index >= 15 is 0 Å². The van der Waals surface area contributed by atoms with E-state index in [0.29, 0.717) is 12.2 Å². The Hall–Kier alpha value is -2.60. The van der Waals surface area contributed by atoms with Crippen LogP contribution in [0.3, 0.4) is 0 Å². The molecule has 0 aliphatic rings. The predicted octanol–water partition coefficient (Wildman–Crippen LogP) is 1.27. The van der Waals surface area contributed by atoms with Crippen LogP contribution >= 0.6 is 0 Å². The third kappa shape index (κ3) is 3.46. The van der Waals surface area contributed by atoms with E-state index in [-0.39, 0.29) is 5.91 Å². The Morgan fingerprint density at radius 3 is 2.45 bits per heavy atom. The number of rotatable bonds is 5. The lowest BCUT2D eigenvalue weighted by atomic mass is 10.2. The second kappa shape index (κ2) is 6.53.